The van der Waals surface area contributed by atoms with Crippen LogP contribution in [-0.2, 0) is 11.2 Å². The number of oxazole rings is 1. The van der Waals surface area contributed by atoms with Crippen LogP contribution in [0.1, 0.15) is 25.0 Å². The molecule has 1 fully saturated rings. The lowest BCUT2D eigenvalue weighted by Crippen LogP contribution is -2.31. The van der Waals surface area contributed by atoms with E-state index in [1.165, 1.54) is 12.7 Å². The minimum Gasteiger partial charge on any atom is -0.444 e. The Morgan fingerprint density at radius 1 is 1.07 bits per heavy atom. The zero-order valence-electron chi connectivity index (χ0n) is 15.1. The molecule has 0 spiro atoms. The second-order valence-electron chi connectivity index (χ2n) is 6.66. The summed E-state index contributed by atoms with van der Waals surface area (Å²) in [6.45, 7) is 1.95. The largest absolute Gasteiger partial charge is 0.444 e. The van der Waals surface area contributed by atoms with Crippen LogP contribution in [-0.4, -0.2) is 29.0 Å². The number of rotatable bonds is 5. The number of nitrogens with zero attached hydrogens (tertiary/aromatic N) is 3. The Kier molecular flexibility index (Phi) is 5.14. The first-order valence-electron chi connectivity index (χ1n) is 9.29. The van der Waals surface area contributed by atoms with Gasteiger partial charge >= 0.3 is 0 Å². The van der Waals surface area contributed by atoms with E-state index in [0.717, 1.165) is 43.0 Å². The van der Waals surface area contributed by atoms with Gasteiger partial charge in [0.25, 0.3) is 0 Å². The van der Waals surface area contributed by atoms with Gasteiger partial charge in [-0.15, -0.1) is 0 Å². The van der Waals surface area contributed by atoms with Crippen LogP contribution >= 0.6 is 0 Å². The maximum atomic E-state index is 12.5. The Morgan fingerprint density at radius 2 is 1.89 bits per heavy atom. The molecule has 1 aromatic carbocycles. The minimum absolute atomic E-state index is 0.130. The van der Waals surface area contributed by atoms with Gasteiger partial charge in [-0.1, -0.05) is 18.2 Å². The number of pyridine rings is 1. The van der Waals surface area contributed by atoms with Gasteiger partial charge < -0.3 is 14.6 Å². The normalized spacial score (nSPS) is 14.1. The first-order chi connectivity index (χ1) is 13.3. The first-order valence-corrected chi connectivity index (χ1v) is 9.29. The summed E-state index contributed by atoms with van der Waals surface area (Å²) in [6.07, 6.45) is 7.03. The zero-order chi connectivity index (χ0) is 18.5. The van der Waals surface area contributed by atoms with Gasteiger partial charge in [0.05, 0.1) is 17.8 Å². The number of anilines is 2. The average molecular weight is 362 g/mol. The molecule has 6 heteroatoms. The summed E-state index contributed by atoms with van der Waals surface area (Å²) >= 11 is 0. The fraction of sp³-hybridized carbons (Fsp3) is 0.286. The third-order valence-corrected chi connectivity index (χ3v) is 4.63. The lowest BCUT2D eigenvalue weighted by Gasteiger charge is -2.29. The highest BCUT2D eigenvalue weighted by atomic mass is 16.3. The van der Waals surface area contributed by atoms with Crippen molar-refractivity contribution in [1.29, 1.82) is 0 Å². The summed E-state index contributed by atoms with van der Waals surface area (Å²) in [5, 5.41) is 2.98. The van der Waals surface area contributed by atoms with E-state index in [2.05, 4.69) is 20.2 Å². The molecule has 2 aromatic heterocycles. The Labute approximate surface area is 158 Å². The van der Waals surface area contributed by atoms with E-state index in [1.54, 1.807) is 6.20 Å². The van der Waals surface area contributed by atoms with Crippen LogP contribution in [0.15, 0.2) is 59.3 Å². The van der Waals surface area contributed by atoms with E-state index in [9.17, 15) is 4.79 Å². The predicted octanol–water partition coefficient (Wildman–Crippen LogP) is 3.91. The number of aromatic nitrogens is 2. The molecule has 138 valence electrons. The number of benzene rings is 1. The fourth-order valence-electron chi connectivity index (χ4n) is 3.31. The van der Waals surface area contributed by atoms with E-state index in [1.807, 2.05) is 42.5 Å². The quantitative estimate of drug-likeness (QED) is 0.745. The van der Waals surface area contributed by atoms with Gasteiger partial charge in [0, 0.05) is 24.8 Å². The summed E-state index contributed by atoms with van der Waals surface area (Å²) in [5.41, 5.74) is 2.25. The molecule has 1 amide bonds. The standard InChI is InChI=1S/C21H22N4O2/c26-19(14-17-15-27-21(23-17)16-8-3-1-4-9-16)24-18-10-7-11-22-20(18)25-12-5-2-6-13-25/h1,3-4,7-11,15H,2,5-6,12-14H2,(H,24,26). The SMILES string of the molecule is O=C(Cc1coc(-c2ccccc2)n1)Nc1cccnc1N1CCCCC1. The van der Waals surface area contributed by atoms with Gasteiger partial charge in [0.15, 0.2) is 5.82 Å². The molecule has 0 radical (unpaired) electrons. The lowest BCUT2D eigenvalue weighted by molar-refractivity contribution is -0.115. The van der Waals surface area contributed by atoms with Crippen molar-refractivity contribution in [1.82, 2.24) is 9.97 Å². The topological polar surface area (TPSA) is 71.3 Å². The van der Waals surface area contributed by atoms with Crippen LogP contribution in [0.5, 0.6) is 0 Å². The van der Waals surface area contributed by atoms with E-state index in [-0.39, 0.29) is 12.3 Å². The molecule has 27 heavy (non-hydrogen) atoms. The van der Waals surface area contributed by atoms with Gasteiger partial charge in [-0.05, 0) is 43.5 Å². The average Bonchev–Trinajstić information content (AvgIpc) is 3.18. The van der Waals surface area contributed by atoms with Crippen molar-refractivity contribution in [2.24, 2.45) is 0 Å². The molecular formula is C21H22N4O2. The summed E-state index contributed by atoms with van der Waals surface area (Å²) in [7, 11) is 0. The van der Waals surface area contributed by atoms with Crippen LogP contribution in [0, 0.1) is 0 Å². The Bertz CT molecular complexity index is 901. The minimum atomic E-state index is -0.130. The maximum Gasteiger partial charge on any atom is 0.230 e. The molecule has 3 aromatic rings. The van der Waals surface area contributed by atoms with Crippen molar-refractivity contribution < 1.29 is 9.21 Å². The monoisotopic (exact) mass is 362 g/mol. The molecule has 0 bridgehead atoms. The van der Waals surface area contributed by atoms with Crippen LogP contribution in [0.2, 0.25) is 0 Å². The van der Waals surface area contributed by atoms with Gasteiger partial charge in [0.2, 0.25) is 11.8 Å². The second-order valence-corrected chi connectivity index (χ2v) is 6.66. The van der Waals surface area contributed by atoms with Crippen molar-refractivity contribution in [3.63, 3.8) is 0 Å². The van der Waals surface area contributed by atoms with Crippen molar-refractivity contribution >= 4 is 17.4 Å². The summed E-state index contributed by atoms with van der Waals surface area (Å²) in [4.78, 5) is 23.7. The molecule has 0 atom stereocenters. The van der Waals surface area contributed by atoms with E-state index in [4.69, 9.17) is 4.42 Å². The summed E-state index contributed by atoms with van der Waals surface area (Å²) in [5.74, 6) is 1.23. The molecule has 1 saturated heterocycles. The third kappa shape index (κ3) is 4.16. The van der Waals surface area contributed by atoms with Crippen LogP contribution in [0.4, 0.5) is 11.5 Å². The highest BCUT2D eigenvalue weighted by Gasteiger charge is 2.17. The number of nitrogens with one attached hydrogen (secondary N) is 1. The zero-order valence-corrected chi connectivity index (χ0v) is 15.1. The molecule has 1 N–H and O–H groups in total. The number of carbonyl (C=O) groups excluding carboxylic acids is 1. The smallest absolute Gasteiger partial charge is 0.230 e. The summed E-state index contributed by atoms with van der Waals surface area (Å²) < 4.78 is 5.51. The fourth-order valence-corrected chi connectivity index (χ4v) is 3.31. The van der Waals surface area contributed by atoms with E-state index < -0.39 is 0 Å². The lowest BCUT2D eigenvalue weighted by atomic mass is 10.1. The first kappa shape index (κ1) is 17.3. The molecule has 6 nitrogen and oxygen atoms in total. The number of piperidine rings is 1. The highest BCUT2D eigenvalue weighted by Crippen LogP contribution is 2.26. The van der Waals surface area contributed by atoms with Crippen molar-refractivity contribution in [2.45, 2.75) is 25.7 Å². The molecule has 0 saturated carbocycles. The van der Waals surface area contributed by atoms with Crippen LogP contribution < -0.4 is 10.2 Å². The predicted molar refractivity (Wildman–Crippen MR) is 105 cm³/mol. The molecule has 4 rings (SSSR count). The third-order valence-electron chi connectivity index (χ3n) is 4.63. The molecule has 0 unspecified atom stereocenters. The van der Waals surface area contributed by atoms with Crippen LogP contribution in [0.3, 0.4) is 0 Å². The molecule has 1 aliphatic rings. The molecular weight excluding hydrogens is 340 g/mol. The van der Waals surface area contributed by atoms with Crippen molar-refractivity contribution in [3.05, 3.63) is 60.6 Å². The Hall–Kier alpha value is -3.15. The van der Waals surface area contributed by atoms with Crippen molar-refractivity contribution in [2.75, 3.05) is 23.3 Å². The number of hydrogen-bond acceptors (Lipinski definition) is 5. The number of hydrogen-bond donors (Lipinski definition) is 1. The number of amides is 1. The van der Waals surface area contributed by atoms with Crippen molar-refractivity contribution in [3.8, 4) is 11.5 Å². The summed E-state index contributed by atoms with van der Waals surface area (Å²) in [6, 6.07) is 13.4. The van der Waals surface area contributed by atoms with Gasteiger partial charge in [-0.25, -0.2) is 9.97 Å². The molecule has 1 aliphatic heterocycles. The van der Waals surface area contributed by atoms with Gasteiger partial charge in [0.1, 0.15) is 6.26 Å². The van der Waals surface area contributed by atoms with E-state index in [0.29, 0.717) is 11.6 Å². The van der Waals surface area contributed by atoms with Crippen LogP contribution in [0.25, 0.3) is 11.5 Å². The number of carbonyl (C=O) groups is 1. The molecule has 0 aliphatic carbocycles. The Balaban J connectivity index is 1.44. The van der Waals surface area contributed by atoms with Gasteiger partial charge in [-0.3, -0.25) is 4.79 Å². The molecule has 3 heterocycles. The maximum absolute atomic E-state index is 12.5. The van der Waals surface area contributed by atoms with Gasteiger partial charge in [-0.2, -0.15) is 0 Å². The Morgan fingerprint density at radius 3 is 2.70 bits per heavy atom. The second kappa shape index (κ2) is 8.03. The van der Waals surface area contributed by atoms with E-state index >= 15 is 0 Å². The highest BCUT2D eigenvalue weighted by molar-refractivity contribution is 5.94.